The highest BCUT2D eigenvalue weighted by molar-refractivity contribution is 5.98. The summed E-state index contributed by atoms with van der Waals surface area (Å²) >= 11 is 0. The number of carbonyl (C=O) groups excluding carboxylic acids is 1. The number of H-pyrrole nitrogens is 1. The second kappa shape index (κ2) is 8.83. The molecular weight excluding hydrogens is 386 g/mol. The van der Waals surface area contributed by atoms with E-state index in [0.717, 1.165) is 50.9 Å². The summed E-state index contributed by atoms with van der Waals surface area (Å²) in [7, 11) is 0. The molecule has 2 fully saturated rings. The van der Waals surface area contributed by atoms with E-state index in [1.54, 1.807) is 0 Å². The Morgan fingerprint density at radius 2 is 2.03 bits per heavy atom. The summed E-state index contributed by atoms with van der Waals surface area (Å²) in [4.78, 5) is 23.0. The van der Waals surface area contributed by atoms with Gasteiger partial charge in [-0.15, -0.1) is 0 Å². The van der Waals surface area contributed by atoms with E-state index in [1.807, 2.05) is 12.4 Å². The van der Waals surface area contributed by atoms with Crippen molar-refractivity contribution in [1.82, 2.24) is 14.9 Å². The molecule has 31 heavy (non-hydrogen) atoms. The van der Waals surface area contributed by atoms with Crippen LogP contribution in [0.3, 0.4) is 0 Å². The van der Waals surface area contributed by atoms with E-state index >= 15 is 0 Å². The first-order chi connectivity index (χ1) is 15.2. The van der Waals surface area contributed by atoms with Crippen LogP contribution in [0.2, 0.25) is 0 Å². The molecule has 0 aliphatic carbocycles. The van der Waals surface area contributed by atoms with Gasteiger partial charge < -0.3 is 14.6 Å². The van der Waals surface area contributed by atoms with Crippen LogP contribution in [-0.4, -0.2) is 46.6 Å². The van der Waals surface area contributed by atoms with Crippen molar-refractivity contribution in [2.45, 2.75) is 57.5 Å². The number of hydrogen-bond acceptors (Lipinski definition) is 3. The number of hydrogen-bond donors (Lipinski definition) is 1. The van der Waals surface area contributed by atoms with Gasteiger partial charge in [-0.1, -0.05) is 11.6 Å². The van der Waals surface area contributed by atoms with Crippen molar-refractivity contribution in [2.75, 3.05) is 19.7 Å². The number of rotatable bonds is 4. The number of aromatic amines is 1. The van der Waals surface area contributed by atoms with E-state index < -0.39 is 0 Å². The van der Waals surface area contributed by atoms with Gasteiger partial charge in [0.15, 0.2) is 0 Å². The summed E-state index contributed by atoms with van der Waals surface area (Å²) in [6.45, 7) is 4.56. The number of amides is 1. The SMILES string of the molecule is Cc1ccc2[nH]c([C@H]3CCCN(C(=O)C[C@@H]4CCCCO4)C3)c(-c3ccncc3)c2c1. The zero-order valence-electron chi connectivity index (χ0n) is 18.3. The molecule has 5 nitrogen and oxygen atoms in total. The second-order valence-electron chi connectivity index (χ2n) is 9.07. The Labute approximate surface area is 183 Å². The number of piperidine rings is 1. The number of nitrogens with one attached hydrogen (secondary N) is 1. The van der Waals surface area contributed by atoms with Crippen LogP contribution in [0.15, 0.2) is 42.7 Å². The lowest BCUT2D eigenvalue weighted by atomic mass is 9.89. The number of fused-ring (bicyclic) bond motifs is 1. The third kappa shape index (κ3) is 4.24. The zero-order valence-corrected chi connectivity index (χ0v) is 18.3. The molecule has 162 valence electrons. The van der Waals surface area contributed by atoms with Crippen LogP contribution in [0, 0.1) is 6.92 Å². The maximum absolute atomic E-state index is 13.0. The third-order valence-electron chi connectivity index (χ3n) is 6.81. The Bertz CT molecular complexity index is 1050. The minimum absolute atomic E-state index is 0.102. The van der Waals surface area contributed by atoms with Crippen molar-refractivity contribution in [1.29, 1.82) is 0 Å². The van der Waals surface area contributed by atoms with Crippen molar-refractivity contribution in [3.05, 3.63) is 54.0 Å². The minimum Gasteiger partial charge on any atom is -0.378 e. The third-order valence-corrected chi connectivity index (χ3v) is 6.81. The number of nitrogens with zero attached hydrogens (tertiary/aromatic N) is 2. The molecule has 0 unspecified atom stereocenters. The van der Waals surface area contributed by atoms with Gasteiger partial charge in [-0.3, -0.25) is 9.78 Å². The molecule has 2 aliphatic heterocycles. The maximum Gasteiger partial charge on any atom is 0.225 e. The Balaban J connectivity index is 1.44. The fraction of sp³-hybridized carbons (Fsp3) is 0.462. The van der Waals surface area contributed by atoms with Crippen LogP contribution in [-0.2, 0) is 9.53 Å². The van der Waals surface area contributed by atoms with E-state index in [0.29, 0.717) is 12.3 Å². The summed E-state index contributed by atoms with van der Waals surface area (Å²) in [6.07, 6.45) is 9.76. The van der Waals surface area contributed by atoms with Gasteiger partial charge in [0.05, 0.1) is 12.5 Å². The normalized spacial score (nSPS) is 22.0. The monoisotopic (exact) mass is 417 g/mol. The molecule has 1 N–H and O–H groups in total. The highest BCUT2D eigenvalue weighted by Crippen LogP contribution is 2.39. The Hall–Kier alpha value is -2.66. The number of carbonyl (C=O) groups is 1. The lowest BCUT2D eigenvalue weighted by molar-refractivity contribution is -0.136. The van der Waals surface area contributed by atoms with Crippen LogP contribution in [0.25, 0.3) is 22.0 Å². The highest BCUT2D eigenvalue weighted by atomic mass is 16.5. The van der Waals surface area contributed by atoms with E-state index in [9.17, 15) is 4.79 Å². The summed E-state index contributed by atoms with van der Waals surface area (Å²) in [6, 6.07) is 10.8. The molecule has 1 amide bonds. The summed E-state index contributed by atoms with van der Waals surface area (Å²) < 4.78 is 5.82. The molecular formula is C26H31N3O2. The Morgan fingerprint density at radius 1 is 1.16 bits per heavy atom. The summed E-state index contributed by atoms with van der Waals surface area (Å²) in [5.41, 5.74) is 6.10. The van der Waals surface area contributed by atoms with Crippen molar-refractivity contribution < 1.29 is 9.53 Å². The molecule has 3 aromatic rings. The predicted octanol–water partition coefficient (Wildman–Crippen LogP) is 5.20. The van der Waals surface area contributed by atoms with Crippen LogP contribution < -0.4 is 0 Å². The number of benzene rings is 1. The summed E-state index contributed by atoms with van der Waals surface area (Å²) in [5, 5.41) is 1.25. The Morgan fingerprint density at radius 3 is 2.84 bits per heavy atom. The van der Waals surface area contributed by atoms with Crippen molar-refractivity contribution in [2.24, 2.45) is 0 Å². The van der Waals surface area contributed by atoms with Gasteiger partial charge in [-0.25, -0.2) is 0 Å². The molecule has 0 bridgehead atoms. The fourth-order valence-electron chi connectivity index (χ4n) is 5.19. The molecule has 2 aliphatic rings. The second-order valence-corrected chi connectivity index (χ2v) is 9.07. The van der Waals surface area contributed by atoms with Gasteiger partial charge in [0.1, 0.15) is 0 Å². The molecule has 2 aromatic heterocycles. The number of likely N-dealkylation sites (tertiary alicyclic amines) is 1. The molecule has 1 aromatic carbocycles. The molecule has 0 radical (unpaired) electrons. The highest BCUT2D eigenvalue weighted by Gasteiger charge is 2.30. The molecule has 0 spiro atoms. The van der Waals surface area contributed by atoms with E-state index in [4.69, 9.17) is 4.74 Å². The lowest BCUT2D eigenvalue weighted by Crippen LogP contribution is -2.41. The number of aromatic nitrogens is 2. The minimum atomic E-state index is 0.102. The molecule has 2 saturated heterocycles. The molecule has 5 rings (SSSR count). The lowest BCUT2D eigenvalue weighted by Gasteiger charge is -2.34. The predicted molar refractivity (Wildman–Crippen MR) is 123 cm³/mol. The van der Waals surface area contributed by atoms with E-state index in [2.05, 4.69) is 52.1 Å². The van der Waals surface area contributed by atoms with Gasteiger partial charge >= 0.3 is 0 Å². The van der Waals surface area contributed by atoms with Gasteiger partial charge in [-0.2, -0.15) is 0 Å². The zero-order chi connectivity index (χ0) is 21.2. The number of pyridine rings is 1. The average Bonchev–Trinajstić information content (AvgIpc) is 3.19. The van der Waals surface area contributed by atoms with Crippen LogP contribution >= 0.6 is 0 Å². The number of ether oxygens (including phenoxy) is 1. The summed E-state index contributed by atoms with van der Waals surface area (Å²) in [5.74, 6) is 0.551. The average molecular weight is 418 g/mol. The van der Waals surface area contributed by atoms with Crippen molar-refractivity contribution in [3.8, 4) is 11.1 Å². The first-order valence-electron chi connectivity index (χ1n) is 11.6. The van der Waals surface area contributed by atoms with Crippen LogP contribution in [0.1, 0.15) is 55.7 Å². The van der Waals surface area contributed by atoms with Gasteiger partial charge in [0, 0.05) is 60.2 Å². The van der Waals surface area contributed by atoms with Gasteiger partial charge in [0.2, 0.25) is 5.91 Å². The van der Waals surface area contributed by atoms with Gasteiger partial charge in [-0.05, 0) is 68.9 Å². The van der Waals surface area contributed by atoms with Crippen molar-refractivity contribution in [3.63, 3.8) is 0 Å². The molecule has 2 atom stereocenters. The molecule has 4 heterocycles. The molecule has 5 heteroatoms. The van der Waals surface area contributed by atoms with Crippen LogP contribution in [0.5, 0.6) is 0 Å². The largest absolute Gasteiger partial charge is 0.378 e. The first kappa shape index (κ1) is 20.3. The smallest absolute Gasteiger partial charge is 0.225 e. The van der Waals surface area contributed by atoms with Crippen molar-refractivity contribution >= 4 is 16.8 Å². The fourth-order valence-corrected chi connectivity index (χ4v) is 5.19. The van der Waals surface area contributed by atoms with E-state index in [1.165, 1.54) is 34.2 Å². The number of aryl methyl sites for hydroxylation is 1. The van der Waals surface area contributed by atoms with E-state index in [-0.39, 0.29) is 12.0 Å². The first-order valence-corrected chi connectivity index (χ1v) is 11.6. The van der Waals surface area contributed by atoms with Crippen LogP contribution in [0.4, 0.5) is 0 Å². The quantitative estimate of drug-likeness (QED) is 0.634. The Kier molecular flexibility index (Phi) is 5.77. The molecule has 0 saturated carbocycles. The van der Waals surface area contributed by atoms with Gasteiger partial charge in [0.25, 0.3) is 0 Å². The maximum atomic E-state index is 13.0. The standard InChI is InChI=1S/C26H31N3O2/c1-18-7-8-23-22(15-18)25(19-9-11-27-12-10-19)26(28-23)20-5-4-13-29(17-20)24(30)16-21-6-2-3-14-31-21/h7-12,15,20-21,28H,2-6,13-14,16-17H2,1H3/t20-,21-/m0/s1. The topological polar surface area (TPSA) is 58.2 Å².